The highest BCUT2D eigenvalue weighted by molar-refractivity contribution is 14.0. The van der Waals surface area contributed by atoms with Crippen LogP contribution < -0.4 is 15.8 Å². The molecule has 142 valence electrons. The highest BCUT2D eigenvalue weighted by Gasteiger charge is 2.06. The first-order valence-electron chi connectivity index (χ1n) is 8.18. The summed E-state index contributed by atoms with van der Waals surface area (Å²) in [5, 5.41) is 3.03. The molecule has 0 atom stereocenters. The van der Waals surface area contributed by atoms with Crippen LogP contribution in [0.25, 0.3) is 0 Å². The number of rotatable bonds is 9. The molecule has 0 amide bonds. The molecule has 0 fully saturated rings. The number of hydrogen-bond acceptors (Lipinski definition) is 4. The summed E-state index contributed by atoms with van der Waals surface area (Å²) in [4.78, 5) is 8.47. The molecule has 0 saturated heterocycles. The number of aromatic nitrogens is 1. The summed E-state index contributed by atoms with van der Waals surface area (Å²) in [6.07, 6.45) is 2.46. The van der Waals surface area contributed by atoms with E-state index in [1.807, 2.05) is 13.0 Å². The van der Waals surface area contributed by atoms with Gasteiger partial charge in [-0.3, -0.25) is 0 Å². The first-order valence-corrected chi connectivity index (χ1v) is 8.18. The first-order chi connectivity index (χ1) is 12.2. The molecule has 2 aromatic rings. The average Bonchev–Trinajstić information content (AvgIpc) is 2.61. The summed E-state index contributed by atoms with van der Waals surface area (Å²) >= 11 is 0. The summed E-state index contributed by atoms with van der Waals surface area (Å²) in [7, 11) is 0. The van der Waals surface area contributed by atoms with Gasteiger partial charge in [0, 0.05) is 37.6 Å². The minimum Gasteiger partial charge on any atom is -0.439 e. The third kappa shape index (κ3) is 7.96. The highest BCUT2D eigenvalue weighted by Crippen LogP contribution is 2.23. The first kappa shape index (κ1) is 22.1. The van der Waals surface area contributed by atoms with Crippen molar-refractivity contribution in [3.63, 3.8) is 0 Å². The second-order valence-corrected chi connectivity index (χ2v) is 5.21. The number of pyridine rings is 1. The zero-order valence-corrected chi connectivity index (χ0v) is 17.0. The SMILES string of the molecule is CCOCCCNC(N)=NCc1cccnc1Oc1cccc(F)c1.I. The van der Waals surface area contributed by atoms with Crippen molar-refractivity contribution < 1.29 is 13.9 Å². The van der Waals surface area contributed by atoms with Gasteiger partial charge < -0.3 is 20.5 Å². The van der Waals surface area contributed by atoms with Crippen molar-refractivity contribution in [2.24, 2.45) is 10.7 Å². The maximum atomic E-state index is 13.3. The summed E-state index contributed by atoms with van der Waals surface area (Å²) in [6.45, 7) is 4.35. The van der Waals surface area contributed by atoms with E-state index in [9.17, 15) is 4.39 Å². The van der Waals surface area contributed by atoms with E-state index in [-0.39, 0.29) is 29.8 Å². The van der Waals surface area contributed by atoms with Gasteiger partial charge in [0.2, 0.25) is 5.88 Å². The second-order valence-electron chi connectivity index (χ2n) is 5.21. The van der Waals surface area contributed by atoms with Crippen molar-refractivity contribution in [3.05, 3.63) is 54.0 Å². The fraction of sp³-hybridized carbons (Fsp3) is 0.333. The molecule has 8 heteroatoms. The topological polar surface area (TPSA) is 81.8 Å². The second kappa shape index (κ2) is 12.4. The normalized spacial score (nSPS) is 10.9. The van der Waals surface area contributed by atoms with Crippen LogP contribution >= 0.6 is 24.0 Å². The van der Waals surface area contributed by atoms with Gasteiger partial charge in [0.05, 0.1) is 6.54 Å². The smallest absolute Gasteiger partial charge is 0.224 e. The lowest BCUT2D eigenvalue weighted by molar-refractivity contribution is 0.145. The van der Waals surface area contributed by atoms with Gasteiger partial charge in [-0.25, -0.2) is 14.4 Å². The van der Waals surface area contributed by atoms with Crippen molar-refractivity contribution in [1.82, 2.24) is 10.3 Å². The standard InChI is InChI=1S/C18H23FN4O2.HI/c1-2-24-11-5-10-22-18(20)23-13-14-6-4-9-21-17(14)25-16-8-3-7-15(19)12-16;/h3-4,6-9,12H,2,5,10-11,13H2,1H3,(H3,20,22,23);1H. The molecule has 2 rings (SSSR count). The summed E-state index contributed by atoms with van der Waals surface area (Å²) in [6, 6.07) is 9.53. The van der Waals surface area contributed by atoms with E-state index in [0.29, 0.717) is 43.9 Å². The molecular formula is C18H24FIN4O2. The van der Waals surface area contributed by atoms with Crippen LogP contribution in [0.3, 0.4) is 0 Å². The van der Waals surface area contributed by atoms with Crippen molar-refractivity contribution in [2.75, 3.05) is 19.8 Å². The van der Waals surface area contributed by atoms with Crippen molar-refractivity contribution in [2.45, 2.75) is 19.9 Å². The zero-order chi connectivity index (χ0) is 17.9. The average molecular weight is 474 g/mol. The summed E-state index contributed by atoms with van der Waals surface area (Å²) in [5.41, 5.74) is 6.60. The van der Waals surface area contributed by atoms with Gasteiger partial charge >= 0.3 is 0 Å². The predicted octanol–water partition coefficient (Wildman–Crippen LogP) is 3.46. The van der Waals surface area contributed by atoms with E-state index in [0.717, 1.165) is 12.0 Å². The minimum absolute atomic E-state index is 0. The fourth-order valence-electron chi connectivity index (χ4n) is 2.04. The molecule has 6 nitrogen and oxygen atoms in total. The van der Waals surface area contributed by atoms with E-state index in [2.05, 4.69) is 15.3 Å². The molecule has 0 aliphatic heterocycles. The number of nitrogens with one attached hydrogen (secondary N) is 1. The predicted molar refractivity (Wildman–Crippen MR) is 111 cm³/mol. The van der Waals surface area contributed by atoms with Crippen LogP contribution in [0.15, 0.2) is 47.6 Å². The molecule has 26 heavy (non-hydrogen) atoms. The Morgan fingerprint density at radius 1 is 1.31 bits per heavy atom. The lowest BCUT2D eigenvalue weighted by atomic mass is 10.2. The number of hydrogen-bond donors (Lipinski definition) is 2. The third-order valence-corrected chi connectivity index (χ3v) is 3.26. The molecule has 0 aliphatic carbocycles. The fourth-order valence-corrected chi connectivity index (χ4v) is 2.04. The van der Waals surface area contributed by atoms with Crippen LogP contribution in [-0.4, -0.2) is 30.7 Å². The van der Waals surface area contributed by atoms with Crippen LogP contribution in [0.5, 0.6) is 11.6 Å². The Morgan fingerprint density at radius 3 is 2.92 bits per heavy atom. The van der Waals surface area contributed by atoms with E-state index in [4.69, 9.17) is 15.2 Å². The number of nitrogens with two attached hydrogens (primary N) is 1. The Morgan fingerprint density at radius 2 is 2.15 bits per heavy atom. The molecule has 0 radical (unpaired) electrons. The van der Waals surface area contributed by atoms with Gasteiger partial charge in [0.15, 0.2) is 5.96 Å². The van der Waals surface area contributed by atoms with Gasteiger partial charge in [0.25, 0.3) is 0 Å². The molecule has 3 N–H and O–H groups in total. The summed E-state index contributed by atoms with van der Waals surface area (Å²) in [5.74, 6) is 0.734. The van der Waals surface area contributed by atoms with E-state index < -0.39 is 0 Å². The number of guanidine groups is 1. The lowest BCUT2D eigenvalue weighted by Crippen LogP contribution is -2.32. The monoisotopic (exact) mass is 474 g/mol. The maximum Gasteiger partial charge on any atom is 0.224 e. The van der Waals surface area contributed by atoms with Crippen LogP contribution in [0.4, 0.5) is 4.39 Å². The Kier molecular flexibility index (Phi) is 10.6. The Labute approximate surface area is 170 Å². The van der Waals surface area contributed by atoms with Crippen molar-refractivity contribution in [3.8, 4) is 11.6 Å². The molecule has 1 aromatic carbocycles. The molecular weight excluding hydrogens is 450 g/mol. The van der Waals surface area contributed by atoms with Crippen LogP contribution in [0, 0.1) is 5.82 Å². The maximum absolute atomic E-state index is 13.3. The van der Waals surface area contributed by atoms with Crippen molar-refractivity contribution in [1.29, 1.82) is 0 Å². The van der Waals surface area contributed by atoms with Crippen LogP contribution in [0.1, 0.15) is 18.9 Å². The van der Waals surface area contributed by atoms with Crippen LogP contribution in [0.2, 0.25) is 0 Å². The van der Waals surface area contributed by atoms with Gasteiger partial charge in [-0.15, -0.1) is 24.0 Å². The molecule has 0 spiro atoms. The Bertz CT molecular complexity index is 700. The van der Waals surface area contributed by atoms with Crippen molar-refractivity contribution >= 4 is 29.9 Å². The highest BCUT2D eigenvalue weighted by atomic mass is 127. The van der Waals surface area contributed by atoms with E-state index in [1.165, 1.54) is 12.1 Å². The van der Waals surface area contributed by atoms with Gasteiger partial charge in [-0.2, -0.15) is 0 Å². The van der Waals surface area contributed by atoms with E-state index >= 15 is 0 Å². The van der Waals surface area contributed by atoms with E-state index in [1.54, 1.807) is 24.4 Å². The van der Waals surface area contributed by atoms with Crippen LogP contribution in [-0.2, 0) is 11.3 Å². The molecule has 0 saturated carbocycles. The number of nitrogens with zero attached hydrogens (tertiary/aromatic N) is 2. The minimum atomic E-state index is -0.367. The van der Waals surface area contributed by atoms with Gasteiger partial charge in [-0.05, 0) is 31.5 Å². The van der Waals surface area contributed by atoms with Gasteiger partial charge in [-0.1, -0.05) is 12.1 Å². The zero-order valence-electron chi connectivity index (χ0n) is 14.7. The third-order valence-electron chi connectivity index (χ3n) is 3.26. The molecule has 0 unspecified atom stereocenters. The number of ether oxygens (including phenoxy) is 2. The number of aliphatic imine (C=N–C) groups is 1. The molecule has 0 bridgehead atoms. The molecule has 0 aliphatic rings. The van der Waals surface area contributed by atoms with Gasteiger partial charge in [0.1, 0.15) is 11.6 Å². The Hall–Kier alpha value is -1.94. The quantitative estimate of drug-likeness (QED) is 0.252. The lowest BCUT2D eigenvalue weighted by Gasteiger charge is -2.09. The Balaban J connectivity index is 0.00000338. The number of benzene rings is 1. The summed E-state index contributed by atoms with van der Waals surface area (Å²) < 4.78 is 24.2. The molecule has 1 heterocycles. The molecule has 1 aromatic heterocycles. The largest absolute Gasteiger partial charge is 0.439 e. The number of halogens is 2.